The van der Waals surface area contributed by atoms with Crippen molar-refractivity contribution in [3.8, 4) is 11.5 Å². The van der Waals surface area contributed by atoms with Crippen LogP contribution >= 0.6 is 11.5 Å². The van der Waals surface area contributed by atoms with Crippen molar-refractivity contribution in [3.63, 3.8) is 0 Å². The van der Waals surface area contributed by atoms with Gasteiger partial charge in [0, 0.05) is 6.07 Å². The predicted octanol–water partition coefficient (Wildman–Crippen LogP) is 2.12. The van der Waals surface area contributed by atoms with Crippen LogP contribution in [0.2, 0.25) is 0 Å². The molecule has 0 unspecified atom stereocenters. The topological polar surface area (TPSA) is 109 Å². The van der Waals surface area contributed by atoms with Gasteiger partial charge in [0.2, 0.25) is 0 Å². The smallest absolute Gasteiger partial charge is 0.340 e. The van der Waals surface area contributed by atoms with Crippen LogP contribution in [0.5, 0.6) is 11.5 Å². The summed E-state index contributed by atoms with van der Waals surface area (Å²) in [5.74, 6) is -1.65. The van der Waals surface area contributed by atoms with Gasteiger partial charge in [0.1, 0.15) is 22.1 Å². The van der Waals surface area contributed by atoms with Crippen molar-refractivity contribution in [2.45, 2.75) is 6.92 Å². The average molecular weight is 308 g/mol. The van der Waals surface area contributed by atoms with Gasteiger partial charge < -0.3 is 20.3 Å². The van der Waals surface area contributed by atoms with Crippen LogP contribution in [-0.2, 0) is 0 Å². The van der Waals surface area contributed by atoms with E-state index in [1.165, 1.54) is 25.3 Å². The number of carboxylic acid groups (broad SMARTS) is 1. The standard InChI is InChI=1S/C13H12N2O5S/c1-6-10(13(18)19)12(21-15-6)14-11(17)8-4-3-7(20-2)5-9(8)16/h3-5,16H,1-2H3,(H,14,17)(H,18,19). The molecule has 1 aromatic carbocycles. The van der Waals surface area contributed by atoms with Crippen molar-refractivity contribution >= 4 is 28.4 Å². The Morgan fingerprint density at radius 2 is 2.10 bits per heavy atom. The Morgan fingerprint density at radius 1 is 1.38 bits per heavy atom. The number of anilines is 1. The highest BCUT2D eigenvalue weighted by Gasteiger charge is 2.21. The SMILES string of the molecule is COc1ccc(C(=O)Nc2snc(C)c2C(=O)O)c(O)c1. The molecule has 0 saturated carbocycles. The van der Waals surface area contributed by atoms with Gasteiger partial charge in [-0.2, -0.15) is 4.37 Å². The van der Waals surface area contributed by atoms with E-state index in [9.17, 15) is 14.7 Å². The van der Waals surface area contributed by atoms with Crippen LogP contribution in [-0.4, -0.2) is 33.6 Å². The number of ether oxygens (including phenoxy) is 1. The van der Waals surface area contributed by atoms with Crippen LogP contribution in [0.15, 0.2) is 18.2 Å². The number of nitrogens with zero attached hydrogens (tertiary/aromatic N) is 1. The molecule has 0 aliphatic carbocycles. The Morgan fingerprint density at radius 3 is 2.67 bits per heavy atom. The molecule has 0 radical (unpaired) electrons. The maximum Gasteiger partial charge on any atom is 0.340 e. The minimum Gasteiger partial charge on any atom is -0.507 e. The van der Waals surface area contributed by atoms with Crippen molar-refractivity contribution in [1.29, 1.82) is 0 Å². The molecule has 0 aliphatic heterocycles. The fourth-order valence-corrected chi connectivity index (χ4v) is 2.49. The number of phenolic OH excluding ortho intramolecular Hbond substituents is 1. The largest absolute Gasteiger partial charge is 0.507 e. The van der Waals surface area contributed by atoms with E-state index in [-0.39, 0.29) is 21.9 Å². The quantitative estimate of drug-likeness (QED) is 0.798. The summed E-state index contributed by atoms with van der Waals surface area (Å²) < 4.78 is 8.82. The molecule has 0 spiro atoms. The van der Waals surface area contributed by atoms with Gasteiger partial charge in [-0.1, -0.05) is 0 Å². The molecule has 3 N–H and O–H groups in total. The third kappa shape index (κ3) is 2.95. The normalized spacial score (nSPS) is 10.2. The second-order valence-electron chi connectivity index (χ2n) is 4.11. The lowest BCUT2D eigenvalue weighted by molar-refractivity contribution is 0.0697. The lowest BCUT2D eigenvalue weighted by Gasteiger charge is -2.07. The summed E-state index contributed by atoms with van der Waals surface area (Å²) in [4.78, 5) is 23.2. The van der Waals surface area contributed by atoms with Crippen LogP contribution in [0.3, 0.4) is 0 Å². The maximum atomic E-state index is 12.1. The number of rotatable bonds is 4. The fourth-order valence-electron chi connectivity index (χ4n) is 1.71. The second-order valence-corrected chi connectivity index (χ2v) is 4.89. The number of aromatic nitrogens is 1. The first-order chi connectivity index (χ1) is 9.93. The van der Waals surface area contributed by atoms with E-state index in [4.69, 9.17) is 9.84 Å². The van der Waals surface area contributed by atoms with Gasteiger partial charge >= 0.3 is 5.97 Å². The van der Waals surface area contributed by atoms with Crippen LogP contribution in [0.4, 0.5) is 5.00 Å². The molecule has 0 fully saturated rings. The first kappa shape index (κ1) is 14.8. The van der Waals surface area contributed by atoms with E-state index in [0.717, 1.165) is 11.5 Å². The van der Waals surface area contributed by atoms with E-state index in [1.54, 1.807) is 6.92 Å². The number of hydrogen-bond donors (Lipinski definition) is 3. The van der Waals surface area contributed by atoms with E-state index in [1.807, 2.05) is 0 Å². The van der Waals surface area contributed by atoms with Crippen molar-refractivity contribution in [1.82, 2.24) is 4.37 Å². The van der Waals surface area contributed by atoms with Gasteiger partial charge in [-0.05, 0) is 30.6 Å². The number of hydrogen-bond acceptors (Lipinski definition) is 6. The van der Waals surface area contributed by atoms with Gasteiger partial charge in [0.15, 0.2) is 0 Å². The summed E-state index contributed by atoms with van der Waals surface area (Å²) in [6, 6.07) is 4.20. The summed E-state index contributed by atoms with van der Waals surface area (Å²) in [6.45, 7) is 1.54. The van der Waals surface area contributed by atoms with Crippen LogP contribution < -0.4 is 10.1 Å². The summed E-state index contributed by atoms with van der Waals surface area (Å²) >= 11 is 0.872. The first-order valence-electron chi connectivity index (χ1n) is 5.82. The van der Waals surface area contributed by atoms with Gasteiger partial charge in [-0.3, -0.25) is 4.79 Å². The molecular formula is C13H12N2O5S. The molecule has 0 atom stereocenters. The number of carbonyl (C=O) groups excluding carboxylic acids is 1. The molecule has 110 valence electrons. The monoisotopic (exact) mass is 308 g/mol. The number of aromatic carboxylic acids is 1. The number of methoxy groups -OCH3 is 1. The highest BCUT2D eigenvalue weighted by molar-refractivity contribution is 7.11. The van der Waals surface area contributed by atoms with Crippen LogP contribution in [0.25, 0.3) is 0 Å². The van der Waals surface area contributed by atoms with Gasteiger partial charge in [0.25, 0.3) is 5.91 Å². The fraction of sp³-hybridized carbons (Fsp3) is 0.154. The van der Waals surface area contributed by atoms with Crippen molar-refractivity contribution < 1.29 is 24.5 Å². The Hall–Kier alpha value is -2.61. The van der Waals surface area contributed by atoms with Gasteiger partial charge in [0.05, 0.1) is 18.4 Å². The van der Waals surface area contributed by atoms with Crippen molar-refractivity contribution in [3.05, 3.63) is 35.0 Å². The molecule has 0 saturated heterocycles. The summed E-state index contributed by atoms with van der Waals surface area (Å²) in [6.07, 6.45) is 0. The third-order valence-electron chi connectivity index (χ3n) is 2.75. The first-order valence-corrected chi connectivity index (χ1v) is 6.59. The minimum absolute atomic E-state index is 0.0122. The van der Waals surface area contributed by atoms with Crippen LogP contribution in [0, 0.1) is 6.92 Å². The highest BCUT2D eigenvalue weighted by atomic mass is 32.1. The molecule has 7 nitrogen and oxygen atoms in total. The molecule has 1 amide bonds. The summed E-state index contributed by atoms with van der Waals surface area (Å²) in [5.41, 5.74) is 0.279. The zero-order valence-corrected chi connectivity index (χ0v) is 12.0. The Balaban J connectivity index is 2.28. The molecule has 8 heteroatoms. The molecule has 2 aromatic rings. The number of benzene rings is 1. The Bertz CT molecular complexity index is 711. The number of nitrogens with one attached hydrogen (secondary N) is 1. The zero-order valence-electron chi connectivity index (χ0n) is 11.2. The Labute approximate surface area is 124 Å². The number of aromatic hydroxyl groups is 1. The molecule has 21 heavy (non-hydrogen) atoms. The zero-order chi connectivity index (χ0) is 15.6. The van der Waals surface area contributed by atoms with E-state index < -0.39 is 11.9 Å². The third-order valence-corrected chi connectivity index (χ3v) is 3.61. The summed E-state index contributed by atoms with van der Waals surface area (Å²) in [5, 5.41) is 21.4. The average Bonchev–Trinajstić information content (AvgIpc) is 2.79. The lowest BCUT2D eigenvalue weighted by atomic mass is 10.1. The van der Waals surface area contributed by atoms with E-state index in [0.29, 0.717) is 11.4 Å². The predicted molar refractivity (Wildman–Crippen MR) is 76.4 cm³/mol. The van der Waals surface area contributed by atoms with Crippen molar-refractivity contribution in [2.75, 3.05) is 12.4 Å². The van der Waals surface area contributed by atoms with Gasteiger partial charge in [-0.25, -0.2) is 4.79 Å². The maximum absolute atomic E-state index is 12.1. The van der Waals surface area contributed by atoms with Gasteiger partial charge in [-0.15, -0.1) is 0 Å². The second kappa shape index (κ2) is 5.80. The Kier molecular flexibility index (Phi) is 4.08. The number of amides is 1. The summed E-state index contributed by atoms with van der Waals surface area (Å²) in [7, 11) is 1.44. The molecule has 0 bridgehead atoms. The van der Waals surface area contributed by atoms with E-state index in [2.05, 4.69) is 9.69 Å². The molecular weight excluding hydrogens is 296 g/mol. The number of aryl methyl sites for hydroxylation is 1. The molecule has 1 aromatic heterocycles. The molecule has 2 rings (SSSR count). The number of phenols is 1. The minimum atomic E-state index is -1.17. The van der Waals surface area contributed by atoms with Crippen LogP contribution in [0.1, 0.15) is 26.4 Å². The lowest BCUT2D eigenvalue weighted by Crippen LogP contribution is -2.13. The highest BCUT2D eigenvalue weighted by Crippen LogP contribution is 2.28. The molecule has 0 aliphatic rings. The number of carbonyl (C=O) groups is 2. The van der Waals surface area contributed by atoms with Crippen molar-refractivity contribution in [2.24, 2.45) is 0 Å². The molecule has 1 heterocycles. The number of carboxylic acids is 1. The van der Waals surface area contributed by atoms with E-state index >= 15 is 0 Å².